The number of hydrogen-bond donors (Lipinski definition) is 1. The topological polar surface area (TPSA) is 54.7 Å². The first-order chi connectivity index (χ1) is 16.6. The first kappa shape index (κ1) is 25.7. The summed E-state index contributed by atoms with van der Waals surface area (Å²) >= 11 is 13.4. The average Bonchev–Trinajstić information content (AvgIpc) is 3.09. The zero-order chi connectivity index (χ0) is 25.3. The molecule has 0 atom stereocenters. The summed E-state index contributed by atoms with van der Waals surface area (Å²) in [6.07, 6.45) is 2.43. The van der Waals surface area contributed by atoms with Crippen LogP contribution >= 0.6 is 23.2 Å². The lowest BCUT2D eigenvalue weighted by molar-refractivity contribution is -0.138. The number of carbonyl (C=O) groups is 1. The second-order valence-electron chi connectivity index (χ2n) is 9.24. The predicted molar refractivity (Wildman–Crippen MR) is 134 cm³/mol. The van der Waals surface area contributed by atoms with Crippen molar-refractivity contribution in [2.45, 2.75) is 45.8 Å². The summed E-state index contributed by atoms with van der Waals surface area (Å²) in [5.41, 5.74) is 4.39. The first-order valence-electron chi connectivity index (χ1n) is 11.6. The van der Waals surface area contributed by atoms with E-state index in [1.165, 1.54) is 0 Å². The van der Waals surface area contributed by atoms with Crippen LogP contribution in [0.15, 0.2) is 30.3 Å². The van der Waals surface area contributed by atoms with E-state index in [4.69, 9.17) is 28.3 Å². The molecular formula is C26H28Cl2F2N2O3. The first-order valence-corrected chi connectivity index (χ1v) is 12.3. The van der Waals surface area contributed by atoms with Gasteiger partial charge < -0.3 is 14.4 Å². The third-order valence-corrected chi connectivity index (χ3v) is 7.68. The van der Waals surface area contributed by atoms with E-state index in [9.17, 15) is 13.6 Å². The Bertz CT molecular complexity index is 1240. The normalized spacial score (nSPS) is 15.3. The molecule has 0 aliphatic carbocycles. The summed E-state index contributed by atoms with van der Waals surface area (Å²) in [6, 6.07) is 9.06. The maximum atomic E-state index is 12.7. The molecule has 0 amide bonds. The van der Waals surface area contributed by atoms with Gasteiger partial charge in [0.1, 0.15) is 5.75 Å². The second kappa shape index (κ2) is 10.7. The molecule has 35 heavy (non-hydrogen) atoms. The zero-order valence-electron chi connectivity index (χ0n) is 19.7. The number of ether oxygens (including phenoxy) is 1. The lowest BCUT2D eigenvalue weighted by atomic mass is 9.93. The number of alkyl halides is 2. The van der Waals surface area contributed by atoms with Crippen molar-refractivity contribution >= 4 is 40.1 Å². The summed E-state index contributed by atoms with van der Waals surface area (Å²) in [6.45, 7) is 1.32. The van der Waals surface area contributed by atoms with Crippen molar-refractivity contribution in [3.63, 3.8) is 0 Å². The van der Waals surface area contributed by atoms with Crippen molar-refractivity contribution < 1.29 is 23.4 Å². The summed E-state index contributed by atoms with van der Waals surface area (Å²) in [5.74, 6) is -0.389. The molecule has 1 saturated heterocycles. The number of halogens is 4. The van der Waals surface area contributed by atoms with Crippen LogP contribution in [0.5, 0.6) is 5.75 Å². The number of nitrogens with zero attached hydrogens (tertiary/aromatic N) is 2. The van der Waals surface area contributed by atoms with E-state index < -0.39 is 12.6 Å². The molecule has 1 aromatic heterocycles. The van der Waals surface area contributed by atoms with Crippen LogP contribution in [0.1, 0.15) is 41.6 Å². The fraction of sp³-hybridized carbons (Fsp3) is 0.423. The number of rotatable bonds is 8. The molecule has 2 aromatic carbocycles. The highest BCUT2D eigenvalue weighted by Crippen LogP contribution is 2.34. The van der Waals surface area contributed by atoms with Crippen LogP contribution in [0, 0.1) is 12.8 Å². The Morgan fingerprint density at radius 1 is 1.20 bits per heavy atom. The van der Waals surface area contributed by atoms with E-state index in [2.05, 4.69) is 9.64 Å². The van der Waals surface area contributed by atoms with E-state index >= 15 is 0 Å². The molecule has 5 nitrogen and oxygen atoms in total. The second-order valence-corrected chi connectivity index (χ2v) is 10.0. The summed E-state index contributed by atoms with van der Waals surface area (Å²) in [7, 11) is 1.89. The SMILES string of the molecule is Cc1cc(OC(F)F)cc2c1cc(Cc1c(Cl)ccc(CN3CCC(CC(=O)O)CC3)c1Cl)n2C. The van der Waals surface area contributed by atoms with Gasteiger partial charge in [0, 0.05) is 48.6 Å². The van der Waals surface area contributed by atoms with Gasteiger partial charge in [-0.25, -0.2) is 0 Å². The third kappa shape index (κ3) is 5.90. The van der Waals surface area contributed by atoms with Gasteiger partial charge in [0.15, 0.2) is 0 Å². The van der Waals surface area contributed by atoms with Crippen LogP contribution in [-0.4, -0.2) is 40.2 Å². The van der Waals surface area contributed by atoms with Crippen LogP contribution in [0.25, 0.3) is 10.9 Å². The molecule has 3 aromatic rings. The van der Waals surface area contributed by atoms with Crippen molar-refractivity contribution in [1.82, 2.24) is 9.47 Å². The zero-order valence-corrected chi connectivity index (χ0v) is 21.2. The molecule has 2 heterocycles. The molecule has 1 aliphatic heterocycles. The molecule has 0 bridgehead atoms. The van der Waals surface area contributed by atoms with Crippen LogP contribution in [0.3, 0.4) is 0 Å². The van der Waals surface area contributed by atoms with Crippen molar-refractivity contribution in [2.75, 3.05) is 13.1 Å². The molecule has 0 spiro atoms. The summed E-state index contributed by atoms with van der Waals surface area (Å²) in [5, 5.41) is 11.2. The summed E-state index contributed by atoms with van der Waals surface area (Å²) in [4.78, 5) is 13.3. The number of likely N-dealkylation sites (tertiary alicyclic amines) is 1. The van der Waals surface area contributed by atoms with Gasteiger partial charge in [0.2, 0.25) is 0 Å². The fourth-order valence-electron chi connectivity index (χ4n) is 4.92. The van der Waals surface area contributed by atoms with Gasteiger partial charge in [-0.15, -0.1) is 0 Å². The lowest BCUT2D eigenvalue weighted by Crippen LogP contribution is -2.34. The van der Waals surface area contributed by atoms with Crippen molar-refractivity contribution in [3.8, 4) is 5.75 Å². The number of aryl methyl sites for hydroxylation is 2. The number of fused-ring (bicyclic) bond motifs is 1. The van der Waals surface area contributed by atoms with Crippen molar-refractivity contribution in [2.24, 2.45) is 13.0 Å². The molecule has 1 aliphatic rings. The van der Waals surface area contributed by atoms with Gasteiger partial charge in [-0.1, -0.05) is 29.3 Å². The molecule has 188 valence electrons. The Morgan fingerprint density at radius 2 is 1.91 bits per heavy atom. The average molecular weight is 525 g/mol. The Kier molecular flexibility index (Phi) is 7.89. The van der Waals surface area contributed by atoms with E-state index in [1.54, 1.807) is 12.1 Å². The molecule has 1 N–H and O–H groups in total. The summed E-state index contributed by atoms with van der Waals surface area (Å²) < 4.78 is 32.0. The molecule has 0 unspecified atom stereocenters. The molecular weight excluding hydrogens is 497 g/mol. The van der Waals surface area contributed by atoms with E-state index in [-0.39, 0.29) is 18.1 Å². The van der Waals surface area contributed by atoms with Gasteiger partial charge in [-0.2, -0.15) is 8.78 Å². The predicted octanol–water partition coefficient (Wildman–Crippen LogP) is 6.67. The Labute approximate surface area is 213 Å². The number of aliphatic carboxylic acids is 1. The maximum Gasteiger partial charge on any atom is 0.387 e. The van der Waals surface area contributed by atoms with E-state index in [0.717, 1.165) is 59.2 Å². The Balaban J connectivity index is 1.55. The van der Waals surface area contributed by atoms with Gasteiger partial charge in [0.05, 0.1) is 10.5 Å². The van der Waals surface area contributed by atoms with Crippen LogP contribution in [-0.2, 0) is 24.8 Å². The Morgan fingerprint density at radius 3 is 2.57 bits per heavy atom. The molecule has 0 saturated carbocycles. The number of benzene rings is 2. The van der Waals surface area contributed by atoms with Crippen molar-refractivity contribution in [1.29, 1.82) is 0 Å². The maximum absolute atomic E-state index is 12.7. The smallest absolute Gasteiger partial charge is 0.387 e. The molecule has 0 radical (unpaired) electrons. The Hall–Kier alpha value is -2.35. The number of carboxylic acids is 1. The molecule has 1 fully saturated rings. The van der Waals surface area contributed by atoms with Crippen LogP contribution < -0.4 is 4.74 Å². The van der Waals surface area contributed by atoms with Gasteiger partial charge in [0.25, 0.3) is 0 Å². The lowest BCUT2D eigenvalue weighted by Gasteiger charge is -2.31. The minimum Gasteiger partial charge on any atom is -0.481 e. The number of aromatic nitrogens is 1. The van der Waals surface area contributed by atoms with Crippen LogP contribution in [0.4, 0.5) is 8.78 Å². The molecule has 9 heteroatoms. The van der Waals surface area contributed by atoms with E-state index in [0.29, 0.717) is 23.0 Å². The number of piperidine rings is 1. The third-order valence-electron chi connectivity index (χ3n) is 6.86. The van der Waals surface area contributed by atoms with Crippen molar-refractivity contribution in [3.05, 3.63) is 62.8 Å². The number of hydrogen-bond acceptors (Lipinski definition) is 3. The van der Waals surface area contributed by atoms with Crippen LogP contribution in [0.2, 0.25) is 10.0 Å². The highest BCUT2D eigenvalue weighted by molar-refractivity contribution is 6.36. The highest BCUT2D eigenvalue weighted by Gasteiger charge is 2.23. The van der Waals surface area contributed by atoms with Gasteiger partial charge in [-0.3, -0.25) is 9.69 Å². The highest BCUT2D eigenvalue weighted by atomic mass is 35.5. The standard InChI is InChI=1S/C26H28Cl2F2N2O3/c1-15-9-19(35-26(29)30)13-23-20(15)11-18(31(23)2)12-21-22(27)4-3-17(25(21)28)14-32-7-5-16(6-8-32)10-24(33)34/h3-4,9,11,13,16,26H,5-8,10,12,14H2,1-2H3,(H,33,34). The monoisotopic (exact) mass is 524 g/mol. The quantitative estimate of drug-likeness (QED) is 0.357. The largest absolute Gasteiger partial charge is 0.481 e. The molecule has 4 rings (SSSR count). The van der Waals surface area contributed by atoms with Gasteiger partial charge in [-0.05, 0) is 73.7 Å². The minimum atomic E-state index is -2.88. The van der Waals surface area contributed by atoms with E-state index in [1.807, 2.05) is 36.7 Å². The number of carboxylic acid groups (broad SMARTS) is 1. The fourth-order valence-corrected chi connectivity index (χ4v) is 5.48. The van der Waals surface area contributed by atoms with Gasteiger partial charge >= 0.3 is 12.6 Å². The minimum absolute atomic E-state index is 0.128.